The molecule has 150 valence electrons. The summed E-state index contributed by atoms with van der Waals surface area (Å²) in [5, 5.41) is 9.05. The number of halogens is 3. The fraction of sp³-hybridized carbons (Fsp3) is 0.158. The highest BCUT2D eigenvalue weighted by atomic mass is 19.4. The van der Waals surface area contributed by atoms with Crippen LogP contribution in [0.4, 0.5) is 18.9 Å². The Hall–Kier alpha value is -3.53. The van der Waals surface area contributed by atoms with Gasteiger partial charge in [0.05, 0.1) is 17.8 Å². The molecule has 0 spiro atoms. The standard InChI is InChI=1S/C19H13F3N2O5/c20-19(21,22)12-2-4-15-11(5-12)6-13(29-15)8-24-14-7-10(18(26)23-27)1-3-16(14)28-9-17(24)25/h1-7,27H,8-9H2,(H,23,26). The average molecular weight is 406 g/mol. The van der Waals surface area contributed by atoms with E-state index in [0.29, 0.717) is 5.75 Å². The quantitative estimate of drug-likeness (QED) is 0.513. The summed E-state index contributed by atoms with van der Waals surface area (Å²) in [6, 6.07) is 8.80. The Morgan fingerprint density at radius 3 is 2.69 bits per heavy atom. The van der Waals surface area contributed by atoms with Crippen molar-refractivity contribution in [1.82, 2.24) is 5.48 Å². The van der Waals surface area contributed by atoms with Gasteiger partial charge in [0.15, 0.2) is 6.61 Å². The molecule has 1 aliphatic heterocycles. The van der Waals surface area contributed by atoms with Crippen molar-refractivity contribution >= 4 is 28.5 Å². The van der Waals surface area contributed by atoms with E-state index in [-0.39, 0.29) is 41.1 Å². The molecule has 2 aromatic carbocycles. The van der Waals surface area contributed by atoms with Gasteiger partial charge in [-0.25, -0.2) is 5.48 Å². The van der Waals surface area contributed by atoms with E-state index in [1.165, 1.54) is 40.7 Å². The highest BCUT2D eigenvalue weighted by Crippen LogP contribution is 2.36. The maximum atomic E-state index is 12.9. The summed E-state index contributed by atoms with van der Waals surface area (Å²) in [4.78, 5) is 25.3. The molecule has 29 heavy (non-hydrogen) atoms. The molecule has 2 heterocycles. The van der Waals surface area contributed by atoms with Crippen LogP contribution < -0.4 is 15.1 Å². The molecule has 2 N–H and O–H groups in total. The maximum absolute atomic E-state index is 12.9. The van der Waals surface area contributed by atoms with Crippen LogP contribution in [0.15, 0.2) is 46.9 Å². The van der Waals surface area contributed by atoms with Crippen molar-refractivity contribution in [3.8, 4) is 5.75 Å². The Kier molecular flexibility index (Phi) is 4.42. The number of alkyl halides is 3. The third kappa shape index (κ3) is 3.49. The van der Waals surface area contributed by atoms with Crippen LogP contribution in [-0.2, 0) is 17.5 Å². The Labute approximate surface area is 161 Å². The van der Waals surface area contributed by atoms with Crippen molar-refractivity contribution < 1.29 is 37.1 Å². The van der Waals surface area contributed by atoms with Gasteiger partial charge < -0.3 is 9.15 Å². The number of carbonyl (C=O) groups excluding carboxylic acids is 2. The largest absolute Gasteiger partial charge is 0.482 e. The normalized spacial score (nSPS) is 13.9. The number of fused-ring (bicyclic) bond motifs is 2. The zero-order chi connectivity index (χ0) is 20.8. The fourth-order valence-corrected chi connectivity index (χ4v) is 3.09. The molecular weight excluding hydrogens is 393 g/mol. The van der Waals surface area contributed by atoms with Gasteiger partial charge in [0.25, 0.3) is 11.8 Å². The minimum Gasteiger partial charge on any atom is -0.482 e. The van der Waals surface area contributed by atoms with E-state index in [0.717, 1.165) is 12.1 Å². The Bertz CT molecular complexity index is 1120. The van der Waals surface area contributed by atoms with Gasteiger partial charge in [-0.2, -0.15) is 13.2 Å². The first-order valence-electron chi connectivity index (χ1n) is 8.37. The van der Waals surface area contributed by atoms with Crippen LogP contribution in [-0.4, -0.2) is 23.6 Å². The van der Waals surface area contributed by atoms with Crippen molar-refractivity contribution in [3.05, 3.63) is 59.4 Å². The molecule has 7 nitrogen and oxygen atoms in total. The second-order valence-corrected chi connectivity index (χ2v) is 6.36. The number of rotatable bonds is 3. The Balaban J connectivity index is 1.69. The van der Waals surface area contributed by atoms with E-state index >= 15 is 0 Å². The Morgan fingerprint density at radius 2 is 1.97 bits per heavy atom. The van der Waals surface area contributed by atoms with Gasteiger partial charge in [-0.3, -0.25) is 19.7 Å². The van der Waals surface area contributed by atoms with E-state index in [1.54, 1.807) is 0 Å². The van der Waals surface area contributed by atoms with Crippen molar-refractivity contribution in [3.63, 3.8) is 0 Å². The lowest BCUT2D eigenvalue weighted by molar-refractivity contribution is -0.137. The second kappa shape index (κ2) is 6.82. The molecule has 0 fully saturated rings. The summed E-state index contributed by atoms with van der Waals surface area (Å²) in [5.74, 6) is -0.586. The first-order chi connectivity index (χ1) is 13.8. The summed E-state index contributed by atoms with van der Waals surface area (Å²) >= 11 is 0. The predicted octanol–water partition coefficient (Wildman–Crippen LogP) is 3.50. The lowest BCUT2D eigenvalue weighted by atomic mass is 10.1. The summed E-state index contributed by atoms with van der Waals surface area (Å²) in [5.41, 5.74) is 1.32. The molecule has 0 bridgehead atoms. The zero-order valence-corrected chi connectivity index (χ0v) is 14.6. The molecule has 3 aromatic rings. The molecule has 0 saturated heterocycles. The number of benzene rings is 2. The third-order valence-electron chi connectivity index (χ3n) is 4.47. The van der Waals surface area contributed by atoms with Gasteiger partial charge in [-0.1, -0.05) is 0 Å². The van der Waals surface area contributed by atoms with E-state index in [1.807, 2.05) is 0 Å². The summed E-state index contributed by atoms with van der Waals surface area (Å²) in [6.07, 6.45) is -4.48. The fourth-order valence-electron chi connectivity index (χ4n) is 3.09. The topological polar surface area (TPSA) is 92.0 Å². The van der Waals surface area contributed by atoms with Crippen LogP contribution in [0.3, 0.4) is 0 Å². The molecule has 0 atom stereocenters. The maximum Gasteiger partial charge on any atom is 0.416 e. The van der Waals surface area contributed by atoms with Crippen molar-refractivity contribution in [2.45, 2.75) is 12.7 Å². The minimum absolute atomic E-state index is 0.0740. The van der Waals surface area contributed by atoms with Gasteiger partial charge in [0, 0.05) is 10.9 Å². The van der Waals surface area contributed by atoms with Gasteiger partial charge in [0.1, 0.15) is 17.1 Å². The van der Waals surface area contributed by atoms with E-state index in [2.05, 4.69) is 0 Å². The van der Waals surface area contributed by atoms with Crippen LogP contribution in [0.25, 0.3) is 11.0 Å². The number of hydrogen-bond donors (Lipinski definition) is 2. The van der Waals surface area contributed by atoms with Crippen molar-refractivity contribution in [2.24, 2.45) is 0 Å². The summed E-state index contributed by atoms with van der Waals surface area (Å²) < 4.78 is 49.6. The summed E-state index contributed by atoms with van der Waals surface area (Å²) in [7, 11) is 0. The van der Waals surface area contributed by atoms with Crippen LogP contribution in [0, 0.1) is 0 Å². The average Bonchev–Trinajstić information content (AvgIpc) is 3.10. The second-order valence-electron chi connectivity index (χ2n) is 6.36. The number of hydroxylamine groups is 1. The molecule has 2 amide bonds. The Morgan fingerprint density at radius 1 is 1.17 bits per heavy atom. The predicted molar refractivity (Wildman–Crippen MR) is 93.6 cm³/mol. The highest BCUT2D eigenvalue weighted by Gasteiger charge is 2.31. The lowest BCUT2D eigenvalue weighted by Gasteiger charge is -2.29. The van der Waals surface area contributed by atoms with E-state index in [4.69, 9.17) is 14.4 Å². The first kappa shape index (κ1) is 18.8. The third-order valence-corrected chi connectivity index (χ3v) is 4.47. The van der Waals surface area contributed by atoms with Gasteiger partial charge in [0.2, 0.25) is 0 Å². The molecule has 1 aromatic heterocycles. The van der Waals surface area contributed by atoms with Gasteiger partial charge in [-0.05, 0) is 42.5 Å². The number of anilines is 1. The highest BCUT2D eigenvalue weighted by molar-refractivity contribution is 6.01. The number of ether oxygens (including phenoxy) is 1. The molecule has 0 saturated carbocycles. The number of carbonyl (C=O) groups is 2. The minimum atomic E-state index is -4.48. The molecule has 0 radical (unpaired) electrons. The molecular formula is C19H13F3N2O5. The molecule has 1 aliphatic rings. The van der Waals surface area contributed by atoms with Gasteiger partial charge >= 0.3 is 6.18 Å². The van der Waals surface area contributed by atoms with Crippen molar-refractivity contribution in [2.75, 3.05) is 11.5 Å². The molecule has 10 heteroatoms. The zero-order valence-electron chi connectivity index (χ0n) is 14.6. The van der Waals surface area contributed by atoms with Crippen LogP contribution >= 0.6 is 0 Å². The first-order valence-corrected chi connectivity index (χ1v) is 8.37. The van der Waals surface area contributed by atoms with E-state index in [9.17, 15) is 22.8 Å². The number of amides is 2. The number of nitrogens with zero attached hydrogens (tertiary/aromatic N) is 1. The van der Waals surface area contributed by atoms with Gasteiger partial charge in [-0.15, -0.1) is 0 Å². The monoisotopic (exact) mass is 406 g/mol. The molecule has 4 rings (SSSR count). The lowest BCUT2D eigenvalue weighted by Crippen LogP contribution is -2.38. The van der Waals surface area contributed by atoms with Crippen LogP contribution in [0.2, 0.25) is 0 Å². The molecule has 0 aliphatic carbocycles. The summed E-state index contributed by atoms with van der Waals surface area (Å²) in [6.45, 7) is -0.313. The smallest absolute Gasteiger partial charge is 0.416 e. The number of furan rings is 1. The number of hydrogen-bond acceptors (Lipinski definition) is 5. The van der Waals surface area contributed by atoms with Crippen LogP contribution in [0.1, 0.15) is 21.7 Å². The SMILES string of the molecule is O=C(NO)c1ccc2c(c1)N(Cc1cc3cc(C(F)(F)F)ccc3o1)C(=O)CO2. The van der Waals surface area contributed by atoms with E-state index < -0.39 is 23.6 Å². The van der Waals surface area contributed by atoms with Crippen molar-refractivity contribution in [1.29, 1.82) is 0 Å². The number of nitrogens with one attached hydrogen (secondary N) is 1. The van der Waals surface area contributed by atoms with Crippen LogP contribution in [0.5, 0.6) is 5.75 Å². The molecule has 0 unspecified atom stereocenters.